The van der Waals surface area contributed by atoms with E-state index in [9.17, 15) is 22.7 Å². The van der Waals surface area contributed by atoms with Gasteiger partial charge in [0, 0.05) is 42.9 Å². The number of piperazine rings is 1. The fourth-order valence-electron chi connectivity index (χ4n) is 4.58. The van der Waals surface area contributed by atoms with Gasteiger partial charge in [-0.25, -0.2) is 22.6 Å². The van der Waals surface area contributed by atoms with Crippen LogP contribution in [0.5, 0.6) is 0 Å². The minimum absolute atomic E-state index is 0. The van der Waals surface area contributed by atoms with Gasteiger partial charge in [0.25, 0.3) is 10.0 Å². The van der Waals surface area contributed by atoms with Gasteiger partial charge in [0.2, 0.25) is 0 Å². The molecule has 0 bridgehead atoms. The number of halogens is 4. The SMILES string of the molecule is CCc1ccc(S(=O)(=O)Nc2ccc3nc(N4CCN(c5ccc(F)cc5)CC4)cc(C(=O)O)c3c2)cc1.Cl.Cl.Cl. The van der Waals surface area contributed by atoms with Crippen molar-refractivity contribution < 1.29 is 22.7 Å². The first-order valence-electron chi connectivity index (χ1n) is 12.3. The van der Waals surface area contributed by atoms with Crippen molar-refractivity contribution in [2.45, 2.75) is 18.2 Å². The molecule has 0 radical (unpaired) electrons. The predicted octanol–water partition coefficient (Wildman–Crippen LogP) is 6.03. The zero-order valence-electron chi connectivity index (χ0n) is 22.0. The van der Waals surface area contributed by atoms with Crippen LogP contribution >= 0.6 is 37.2 Å². The van der Waals surface area contributed by atoms with Crippen molar-refractivity contribution in [2.75, 3.05) is 40.7 Å². The average Bonchev–Trinajstić information content (AvgIpc) is 2.93. The van der Waals surface area contributed by atoms with Crippen LogP contribution in [0.25, 0.3) is 10.9 Å². The summed E-state index contributed by atoms with van der Waals surface area (Å²) in [5.74, 6) is -0.868. The van der Waals surface area contributed by atoms with E-state index >= 15 is 0 Å². The van der Waals surface area contributed by atoms with E-state index in [1.807, 2.05) is 11.8 Å². The number of fused-ring (bicyclic) bond motifs is 1. The fraction of sp³-hybridized carbons (Fsp3) is 0.214. The van der Waals surface area contributed by atoms with Gasteiger partial charge >= 0.3 is 5.97 Å². The van der Waals surface area contributed by atoms with Gasteiger partial charge in [-0.05, 0) is 72.6 Å². The molecule has 4 aromatic rings. The van der Waals surface area contributed by atoms with Gasteiger partial charge in [-0.2, -0.15) is 0 Å². The summed E-state index contributed by atoms with van der Waals surface area (Å²) in [6, 6.07) is 19.2. The number of carboxylic acid groups (broad SMARTS) is 1. The maximum Gasteiger partial charge on any atom is 0.336 e. The summed E-state index contributed by atoms with van der Waals surface area (Å²) in [6.45, 7) is 4.57. The Kier molecular flexibility index (Phi) is 11.6. The molecule has 1 aromatic heterocycles. The molecule has 13 heteroatoms. The Balaban J connectivity index is 0.00000196. The quantitative estimate of drug-likeness (QED) is 0.254. The number of aromatic nitrogens is 1. The molecule has 0 unspecified atom stereocenters. The third-order valence-electron chi connectivity index (χ3n) is 6.72. The predicted molar refractivity (Wildman–Crippen MR) is 168 cm³/mol. The highest BCUT2D eigenvalue weighted by molar-refractivity contribution is 7.92. The molecule has 1 fully saturated rings. The minimum Gasteiger partial charge on any atom is -0.478 e. The molecule has 3 aromatic carbocycles. The van der Waals surface area contributed by atoms with Gasteiger partial charge in [0.15, 0.2) is 0 Å². The van der Waals surface area contributed by atoms with E-state index in [1.54, 1.807) is 48.5 Å². The van der Waals surface area contributed by atoms with Gasteiger partial charge in [-0.1, -0.05) is 19.1 Å². The van der Waals surface area contributed by atoms with Gasteiger partial charge in [0.05, 0.1) is 16.0 Å². The minimum atomic E-state index is -3.85. The third kappa shape index (κ3) is 7.51. The lowest BCUT2D eigenvalue weighted by atomic mass is 10.1. The summed E-state index contributed by atoms with van der Waals surface area (Å²) in [5.41, 5.74) is 2.71. The zero-order valence-corrected chi connectivity index (χ0v) is 25.3. The standard InChI is InChI=1S/C28H27FN4O4S.3ClH/c1-2-19-3-10-23(11-4-19)38(36,37)31-21-7-12-26-24(17-21)25(28(34)35)18-27(30-26)33-15-13-32(14-16-33)22-8-5-20(29)6-9-22;;;/h3-12,17-18,31H,2,13-16H2,1H3,(H,34,35);3*1H. The van der Waals surface area contributed by atoms with Gasteiger partial charge in [-0.3, -0.25) is 4.72 Å². The molecule has 41 heavy (non-hydrogen) atoms. The number of carbonyl (C=O) groups is 1. The molecule has 2 heterocycles. The summed E-state index contributed by atoms with van der Waals surface area (Å²) in [6.07, 6.45) is 0.801. The molecule has 1 saturated heterocycles. The van der Waals surface area contributed by atoms with Crippen molar-refractivity contribution in [3.8, 4) is 0 Å². The van der Waals surface area contributed by atoms with E-state index in [-0.39, 0.29) is 59.2 Å². The Hall–Kier alpha value is -3.31. The number of sulfonamides is 1. The van der Waals surface area contributed by atoms with E-state index in [2.05, 4.69) is 14.6 Å². The first-order valence-corrected chi connectivity index (χ1v) is 13.8. The van der Waals surface area contributed by atoms with Crippen molar-refractivity contribution in [3.05, 3.63) is 89.7 Å². The number of pyridine rings is 1. The van der Waals surface area contributed by atoms with Crippen molar-refractivity contribution >= 4 is 81.3 Å². The number of rotatable bonds is 7. The van der Waals surface area contributed by atoms with Crippen LogP contribution in [0, 0.1) is 5.82 Å². The zero-order chi connectivity index (χ0) is 26.9. The van der Waals surface area contributed by atoms with Gasteiger partial charge < -0.3 is 14.9 Å². The number of hydrogen-bond donors (Lipinski definition) is 2. The smallest absolute Gasteiger partial charge is 0.336 e. The number of anilines is 3. The third-order valence-corrected chi connectivity index (χ3v) is 8.11. The monoisotopic (exact) mass is 642 g/mol. The van der Waals surface area contributed by atoms with Crippen LogP contribution in [0.2, 0.25) is 0 Å². The summed E-state index contributed by atoms with van der Waals surface area (Å²) in [5, 5.41) is 10.3. The summed E-state index contributed by atoms with van der Waals surface area (Å²) in [7, 11) is -3.85. The molecule has 5 rings (SSSR count). The number of aryl methyl sites for hydroxylation is 1. The highest BCUT2D eigenvalue weighted by atomic mass is 35.5. The molecule has 0 atom stereocenters. The van der Waals surface area contributed by atoms with Crippen molar-refractivity contribution in [1.82, 2.24) is 4.98 Å². The summed E-state index contributed by atoms with van der Waals surface area (Å²) in [4.78, 5) is 21.1. The highest BCUT2D eigenvalue weighted by Gasteiger charge is 2.22. The maximum absolute atomic E-state index is 13.3. The lowest BCUT2D eigenvalue weighted by molar-refractivity contribution is 0.0699. The molecule has 0 saturated carbocycles. The second-order valence-electron chi connectivity index (χ2n) is 9.12. The van der Waals surface area contributed by atoms with E-state index in [0.717, 1.165) is 17.7 Å². The van der Waals surface area contributed by atoms with Crippen molar-refractivity contribution in [1.29, 1.82) is 0 Å². The first kappa shape index (κ1) is 33.9. The summed E-state index contributed by atoms with van der Waals surface area (Å²) < 4.78 is 41.6. The Labute approximate surface area is 256 Å². The number of nitrogens with zero attached hydrogens (tertiary/aromatic N) is 3. The Morgan fingerprint density at radius 2 is 1.51 bits per heavy atom. The van der Waals surface area contributed by atoms with E-state index in [0.29, 0.717) is 42.9 Å². The molecule has 0 aliphatic carbocycles. The number of aromatic carboxylic acids is 1. The van der Waals surface area contributed by atoms with Crippen LogP contribution in [0.1, 0.15) is 22.8 Å². The first-order chi connectivity index (χ1) is 18.2. The molecule has 8 nitrogen and oxygen atoms in total. The van der Waals surface area contributed by atoms with Crippen LogP contribution in [0.3, 0.4) is 0 Å². The van der Waals surface area contributed by atoms with E-state index in [4.69, 9.17) is 0 Å². The van der Waals surface area contributed by atoms with Crippen LogP contribution in [0.15, 0.2) is 77.7 Å². The number of carboxylic acids is 1. The van der Waals surface area contributed by atoms with Crippen molar-refractivity contribution in [3.63, 3.8) is 0 Å². The molecule has 1 aliphatic heterocycles. The largest absolute Gasteiger partial charge is 0.478 e. The van der Waals surface area contributed by atoms with Gasteiger partial charge in [-0.15, -0.1) is 37.2 Å². The van der Waals surface area contributed by atoms with E-state index < -0.39 is 16.0 Å². The molecule has 2 N–H and O–H groups in total. The lowest BCUT2D eigenvalue weighted by Gasteiger charge is -2.37. The molecule has 1 aliphatic rings. The van der Waals surface area contributed by atoms with Gasteiger partial charge in [0.1, 0.15) is 11.6 Å². The topological polar surface area (TPSA) is 103 Å². The Morgan fingerprint density at radius 1 is 0.902 bits per heavy atom. The molecular formula is C28H30Cl3FN4O4S. The van der Waals surface area contributed by atoms with Crippen LogP contribution in [-0.4, -0.2) is 50.7 Å². The van der Waals surface area contributed by atoms with E-state index in [1.165, 1.54) is 24.3 Å². The Morgan fingerprint density at radius 3 is 2.10 bits per heavy atom. The second kappa shape index (κ2) is 14.0. The molecule has 0 amide bonds. The van der Waals surface area contributed by atoms with Crippen LogP contribution < -0.4 is 14.5 Å². The fourth-order valence-corrected chi connectivity index (χ4v) is 5.63. The number of nitrogens with one attached hydrogen (secondary N) is 1. The van der Waals surface area contributed by atoms with Crippen LogP contribution in [0.4, 0.5) is 21.6 Å². The number of hydrogen-bond acceptors (Lipinski definition) is 6. The average molecular weight is 644 g/mol. The normalized spacial score (nSPS) is 13.0. The molecule has 220 valence electrons. The molecule has 0 spiro atoms. The van der Waals surface area contributed by atoms with Crippen LogP contribution in [-0.2, 0) is 16.4 Å². The summed E-state index contributed by atoms with van der Waals surface area (Å²) >= 11 is 0. The maximum atomic E-state index is 13.3. The Bertz CT molecular complexity index is 1600. The second-order valence-corrected chi connectivity index (χ2v) is 10.8. The lowest BCUT2D eigenvalue weighted by Crippen LogP contribution is -2.46. The van der Waals surface area contributed by atoms with Crippen molar-refractivity contribution in [2.24, 2.45) is 0 Å². The number of benzene rings is 3. The molecular weight excluding hydrogens is 614 g/mol. The highest BCUT2D eigenvalue weighted by Crippen LogP contribution is 2.28.